The number of ether oxygens (including phenoxy) is 3. The molecule has 4 heterocycles. The van der Waals surface area contributed by atoms with Crippen LogP contribution in [0.1, 0.15) is 36.2 Å². The van der Waals surface area contributed by atoms with Gasteiger partial charge in [-0.2, -0.15) is 0 Å². The van der Waals surface area contributed by atoms with E-state index < -0.39 is 0 Å². The third kappa shape index (κ3) is 4.07. The van der Waals surface area contributed by atoms with Crippen LogP contribution in [0.25, 0.3) is 10.9 Å². The van der Waals surface area contributed by atoms with Crippen molar-refractivity contribution in [2.24, 2.45) is 0 Å². The van der Waals surface area contributed by atoms with E-state index in [0.29, 0.717) is 31.4 Å². The lowest BCUT2D eigenvalue weighted by Gasteiger charge is -2.45. The van der Waals surface area contributed by atoms with Gasteiger partial charge in [0.2, 0.25) is 0 Å². The molecule has 0 saturated carbocycles. The standard InChI is InChI=1S/C23H26N4O4/c1-29-17-4-3-16-13-20(26-19(16)14-17)21(28)27-10-6-23(7-11-27)15-18(5-12-30-23)31-22-24-8-2-9-25-22/h2-4,8-9,13-14,18,26H,5-7,10-12,15H2,1H3. The molecule has 0 radical (unpaired) electrons. The van der Waals surface area contributed by atoms with Gasteiger partial charge in [-0.1, -0.05) is 0 Å². The lowest BCUT2D eigenvalue weighted by molar-refractivity contribution is -0.136. The first kappa shape index (κ1) is 19.8. The van der Waals surface area contributed by atoms with Gasteiger partial charge in [0.25, 0.3) is 5.91 Å². The van der Waals surface area contributed by atoms with Crippen LogP contribution in [0.5, 0.6) is 11.8 Å². The predicted octanol–water partition coefficient (Wildman–Crippen LogP) is 3.20. The molecule has 1 unspecified atom stereocenters. The Bertz CT molecular complexity index is 1060. The molecular formula is C23H26N4O4. The number of methoxy groups -OCH3 is 1. The summed E-state index contributed by atoms with van der Waals surface area (Å²) in [7, 11) is 1.63. The lowest BCUT2D eigenvalue weighted by Crippen LogP contribution is -2.52. The second-order valence-corrected chi connectivity index (χ2v) is 8.22. The highest BCUT2D eigenvalue weighted by atomic mass is 16.5. The van der Waals surface area contributed by atoms with Crippen LogP contribution in [0.15, 0.2) is 42.7 Å². The Hall–Kier alpha value is -3.13. The zero-order valence-electron chi connectivity index (χ0n) is 17.5. The monoisotopic (exact) mass is 422 g/mol. The van der Waals surface area contributed by atoms with Crippen LogP contribution in [0.4, 0.5) is 0 Å². The van der Waals surface area contributed by atoms with Crippen molar-refractivity contribution >= 4 is 16.8 Å². The van der Waals surface area contributed by atoms with Crippen LogP contribution >= 0.6 is 0 Å². The van der Waals surface area contributed by atoms with Gasteiger partial charge in [-0.15, -0.1) is 0 Å². The average molecular weight is 422 g/mol. The minimum atomic E-state index is -0.248. The number of carbonyl (C=O) groups is 1. The number of nitrogens with one attached hydrogen (secondary N) is 1. The van der Waals surface area contributed by atoms with Crippen molar-refractivity contribution < 1.29 is 19.0 Å². The topological polar surface area (TPSA) is 89.6 Å². The van der Waals surface area contributed by atoms with Gasteiger partial charge in [0.15, 0.2) is 0 Å². The summed E-state index contributed by atoms with van der Waals surface area (Å²) in [6, 6.07) is 9.85. The maximum atomic E-state index is 13.1. The highest BCUT2D eigenvalue weighted by Gasteiger charge is 2.42. The number of rotatable bonds is 4. The van der Waals surface area contributed by atoms with Crippen LogP contribution in [0.3, 0.4) is 0 Å². The Labute approximate surface area is 180 Å². The number of hydrogen-bond acceptors (Lipinski definition) is 6. The second kappa shape index (κ2) is 8.19. The molecule has 1 atom stereocenters. The SMILES string of the molecule is COc1ccc2cc(C(=O)N3CCC4(CC3)CC(Oc3ncccn3)CCO4)[nH]c2c1. The molecule has 0 bridgehead atoms. The highest BCUT2D eigenvalue weighted by molar-refractivity contribution is 5.98. The van der Waals surface area contributed by atoms with Crippen LogP contribution in [-0.4, -0.2) is 64.3 Å². The molecule has 2 aliphatic rings. The van der Waals surface area contributed by atoms with E-state index in [-0.39, 0.29) is 17.6 Å². The van der Waals surface area contributed by atoms with E-state index in [9.17, 15) is 4.79 Å². The number of nitrogens with zero attached hydrogens (tertiary/aromatic N) is 3. The number of piperidine rings is 1. The van der Waals surface area contributed by atoms with Crippen molar-refractivity contribution in [3.05, 3.63) is 48.4 Å². The van der Waals surface area contributed by atoms with Crippen LogP contribution in [-0.2, 0) is 4.74 Å². The molecule has 1 N–H and O–H groups in total. The molecule has 2 saturated heterocycles. The maximum Gasteiger partial charge on any atom is 0.316 e. The first-order valence-electron chi connectivity index (χ1n) is 10.7. The number of fused-ring (bicyclic) bond motifs is 1. The number of amides is 1. The summed E-state index contributed by atoms with van der Waals surface area (Å²) in [5.74, 6) is 0.784. The quantitative estimate of drug-likeness (QED) is 0.695. The third-order valence-corrected chi connectivity index (χ3v) is 6.28. The molecule has 5 rings (SSSR count). The van der Waals surface area contributed by atoms with Gasteiger partial charge in [-0.05, 0) is 37.1 Å². The molecule has 8 nitrogen and oxygen atoms in total. The summed E-state index contributed by atoms with van der Waals surface area (Å²) in [5.41, 5.74) is 1.25. The first-order valence-corrected chi connectivity index (χ1v) is 10.7. The molecule has 1 aromatic carbocycles. The van der Waals surface area contributed by atoms with Crippen LogP contribution in [0, 0.1) is 0 Å². The fourth-order valence-electron chi connectivity index (χ4n) is 4.56. The largest absolute Gasteiger partial charge is 0.497 e. The Kier molecular flexibility index (Phi) is 5.23. The minimum Gasteiger partial charge on any atom is -0.497 e. The predicted molar refractivity (Wildman–Crippen MR) is 114 cm³/mol. The first-order chi connectivity index (χ1) is 15.1. The summed E-state index contributed by atoms with van der Waals surface area (Å²) in [5, 5.41) is 0.997. The molecule has 1 amide bonds. The van der Waals surface area contributed by atoms with Crippen molar-refractivity contribution in [3.8, 4) is 11.8 Å². The molecule has 2 aromatic heterocycles. The van der Waals surface area contributed by atoms with Gasteiger partial charge in [0.05, 0.1) is 19.3 Å². The lowest BCUT2D eigenvalue weighted by atomic mass is 9.83. The van der Waals surface area contributed by atoms with E-state index in [1.165, 1.54) is 0 Å². The normalized spacial score (nSPS) is 20.7. The van der Waals surface area contributed by atoms with E-state index in [1.54, 1.807) is 25.6 Å². The van der Waals surface area contributed by atoms with Gasteiger partial charge in [0, 0.05) is 55.3 Å². The highest BCUT2D eigenvalue weighted by Crippen LogP contribution is 2.36. The molecular weight excluding hydrogens is 396 g/mol. The van der Waals surface area contributed by atoms with Gasteiger partial charge in [0.1, 0.15) is 17.5 Å². The third-order valence-electron chi connectivity index (χ3n) is 6.28. The summed E-state index contributed by atoms with van der Waals surface area (Å²) >= 11 is 0. The van der Waals surface area contributed by atoms with Gasteiger partial charge < -0.3 is 24.1 Å². The molecule has 2 aliphatic heterocycles. The number of aromatic nitrogens is 3. The maximum absolute atomic E-state index is 13.1. The number of H-pyrrole nitrogens is 1. The van der Waals surface area contributed by atoms with Crippen molar-refractivity contribution in [1.29, 1.82) is 0 Å². The number of benzene rings is 1. The van der Waals surface area contributed by atoms with E-state index in [4.69, 9.17) is 14.2 Å². The molecule has 0 aliphatic carbocycles. The van der Waals surface area contributed by atoms with E-state index in [1.807, 2.05) is 29.2 Å². The second-order valence-electron chi connectivity index (χ2n) is 8.22. The Morgan fingerprint density at radius 1 is 1.23 bits per heavy atom. The Morgan fingerprint density at radius 3 is 2.81 bits per heavy atom. The number of likely N-dealkylation sites (tertiary alicyclic amines) is 1. The zero-order chi connectivity index (χ0) is 21.3. The molecule has 1 spiro atoms. The van der Waals surface area contributed by atoms with Crippen molar-refractivity contribution in [2.45, 2.75) is 37.4 Å². The minimum absolute atomic E-state index is 0.0197. The van der Waals surface area contributed by atoms with Crippen LogP contribution < -0.4 is 9.47 Å². The van der Waals surface area contributed by atoms with Crippen molar-refractivity contribution in [3.63, 3.8) is 0 Å². The fourth-order valence-corrected chi connectivity index (χ4v) is 4.56. The smallest absolute Gasteiger partial charge is 0.316 e. The zero-order valence-corrected chi connectivity index (χ0v) is 17.5. The summed E-state index contributed by atoms with van der Waals surface area (Å²) in [6.45, 7) is 1.97. The van der Waals surface area contributed by atoms with E-state index in [0.717, 1.165) is 42.3 Å². The van der Waals surface area contributed by atoms with Gasteiger partial charge in [-0.3, -0.25) is 4.79 Å². The average Bonchev–Trinajstić information content (AvgIpc) is 3.23. The Balaban J connectivity index is 1.23. The van der Waals surface area contributed by atoms with Crippen LogP contribution in [0.2, 0.25) is 0 Å². The summed E-state index contributed by atoms with van der Waals surface area (Å²) < 4.78 is 17.5. The molecule has 8 heteroatoms. The van der Waals surface area contributed by atoms with E-state index >= 15 is 0 Å². The van der Waals surface area contributed by atoms with Gasteiger partial charge in [-0.25, -0.2) is 9.97 Å². The molecule has 31 heavy (non-hydrogen) atoms. The fraction of sp³-hybridized carbons (Fsp3) is 0.435. The summed E-state index contributed by atoms with van der Waals surface area (Å²) in [4.78, 5) is 26.6. The summed E-state index contributed by atoms with van der Waals surface area (Å²) in [6.07, 6.45) is 6.59. The molecule has 3 aromatic rings. The van der Waals surface area contributed by atoms with E-state index in [2.05, 4.69) is 15.0 Å². The number of carbonyl (C=O) groups excluding carboxylic acids is 1. The number of aromatic amines is 1. The van der Waals surface area contributed by atoms with Gasteiger partial charge >= 0.3 is 6.01 Å². The van der Waals surface area contributed by atoms with Crippen molar-refractivity contribution in [1.82, 2.24) is 19.9 Å². The van der Waals surface area contributed by atoms with Crippen molar-refractivity contribution in [2.75, 3.05) is 26.8 Å². The Morgan fingerprint density at radius 2 is 2.03 bits per heavy atom. The molecule has 162 valence electrons. The number of hydrogen-bond donors (Lipinski definition) is 1. The molecule has 2 fully saturated rings.